The second-order valence-electron chi connectivity index (χ2n) is 0.798. The fourth-order valence-electron chi connectivity index (χ4n) is 0.0481. The van der Waals surface area contributed by atoms with Crippen molar-refractivity contribution in [3.8, 4) is 0 Å². The molecule has 0 aromatic heterocycles. The van der Waals surface area contributed by atoms with Crippen LogP contribution in [0.3, 0.4) is 0 Å². The van der Waals surface area contributed by atoms with Crippen LogP contribution in [0.25, 0.3) is 0 Å². The number of carbonyl (C=O) groups excluding carboxylic acids is 1. The Morgan fingerprint density at radius 3 is 2.50 bits per heavy atom. The van der Waals surface area contributed by atoms with Crippen LogP contribution in [0.4, 0.5) is 0 Å². The van der Waals surface area contributed by atoms with Crippen molar-refractivity contribution in [1.29, 1.82) is 0 Å². The van der Waals surface area contributed by atoms with Crippen molar-refractivity contribution >= 4 is 6.29 Å². The Kier molecular flexibility index (Phi) is 2.33. The minimum absolute atomic E-state index is 1.10. The first-order valence-electron chi connectivity index (χ1n) is 1.49. The molecule has 6 heavy (non-hydrogen) atoms. The highest BCUT2D eigenvalue weighted by molar-refractivity contribution is 5.59. The van der Waals surface area contributed by atoms with Gasteiger partial charge in [0, 0.05) is 0 Å². The Morgan fingerprint density at radius 2 is 2.50 bits per heavy atom. The average molecular weight is 85.1 g/mol. The van der Waals surface area contributed by atoms with E-state index in [1.54, 1.807) is 0 Å². The Hall–Kier alpha value is -0.630. The van der Waals surface area contributed by atoms with Crippen molar-refractivity contribution in [3.63, 3.8) is 0 Å². The smallest absolute Gasteiger partial charge is 0.233 e. The summed E-state index contributed by atoms with van der Waals surface area (Å²) in [4.78, 5) is 9.29. The first-order valence-corrected chi connectivity index (χ1v) is 1.49. The molecule has 1 N–H and O–H groups in total. The first kappa shape index (κ1) is 5.37. The Labute approximate surface area is 36.1 Å². The van der Waals surface area contributed by atoms with E-state index in [-0.39, 0.29) is 0 Å². The summed E-state index contributed by atoms with van der Waals surface area (Å²) in [6.45, 7) is 3.12. The third-order valence-electron chi connectivity index (χ3n) is 0.344. The summed E-state index contributed by atoms with van der Waals surface area (Å²) in [5, 5.41) is 8.12. The molecule has 0 amide bonds. The molecule has 0 aromatic rings. The van der Waals surface area contributed by atoms with Gasteiger partial charge in [0.05, 0.1) is 0 Å². The molecule has 0 aliphatic carbocycles. The minimum atomic E-state index is -1.11. The second-order valence-corrected chi connectivity index (χ2v) is 0.798. The van der Waals surface area contributed by atoms with E-state index in [1.807, 2.05) is 0 Å². The number of hydrogen-bond donors (Lipinski definition) is 1. The molecular formula is C4H5O2. The van der Waals surface area contributed by atoms with E-state index in [1.165, 1.54) is 6.29 Å². The molecule has 0 saturated heterocycles. The molecule has 0 aliphatic heterocycles. The van der Waals surface area contributed by atoms with Crippen molar-refractivity contribution in [2.24, 2.45) is 0 Å². The summed E-state index contributed by atoms with van der Waals surface area (Å²) in [6.07, 6.45) is 1.30. The SMILES string of the molecule is C=CC(O)[C]=O. The van der Waals surface area contributed by atoms with Crippen LogP contribution in [0.2, 0.25) is 0 Å². The van der Waals surface area contributed by atoms with Crippen molar-refractivity contribution in [1.82, 2.24) is 0 Å². The zero-order valence-electron chi connectivity index (χ0n) is 3.22. The standard InChI is InChI=1S/C4H5O2/c1-2-4(6)3-5/h2,4,6H,1H2. The molecule has 0 fully saturated rings. The van der Waals surface area contributed by atoms with E-state index >= 15 is 0 Å². The first-order chi connectivity index (χ1) is 2.81. The lowest BCUT2D eigenvalue weighted by Gasteiger charge is -1.82. The van der Waals surface area contributed by atoms with Gasteiger partial charge < -0.3 is 5.11 Å². The number of aliphatic hydroxyl groups is 1. The zero-order chi connectivity index (χ0) is 4.99. The monoisotopic (exact) mass is 85.0 g/mol. The summed E-state index contributed by atoms with van der Waals surface area (Å²) in [5.74, 6) is 0. The Bertz CT molecular complexity index is 50.6. The quantitative estimate of drug-likeness (QED) is 0.465. The summed E-state index contributed by atoms with van der Waals surface area (Å²) in [6, 6.07) is 0. The predicted molar refractivity (Wildman–Crippen MR) is 21.9 cm³/mol. The molecule has 2 heteroatoms. The van der Waals surface area contributed by atoms with Crippen LogP contribution in [0.15, 0.2) is 12.7 Å². The van der Waals surface area contributed by atoms with Gasteiger partial charge in [0.2, 0.25) is 6.29 Å². The molecule has 1 atom stereocenters. The van der Waals surface area contributed by atoms with Gasteiger partial charge in [-0.1, -0.05) is 6.08 Å². The minimum Gasteiger partial charge on any atom is -0.381 e. The van der Waals surface area contributed by atoms with Crippen molar-refractivity contribution in [3.05, 3.63) is 12.7 Å². The lowest BCUT2D eigenvalue weighted by atomic mass is 10.4. The van der Waals surface area contributed by atoms with Crippen LogP contribution in [-0.4, -0.2) is 17.5 Å². The van der Waals surface area contributed by atoms with Gasteiger partial charge in [-0.05, 0) is 0 Å². The van der Waals surface area contributed by atoms with Gasteiger partial charge in [0.15, 0.2) is 0 Å². The van der Waals surface area contributed by atoms with Crippen molar-refractivity contribution < 1.29 is 9.90 Å². The van der Waals surface area contributed by atoms with Crippen LogP contribution < -0.4 is 0 Å². The summed E-state index contributed by atoms with van der Waals surface area (Å²) in [7, 11) is 0. The summed E-state index contributed by atoms with van der Waals surface area (Å²) < 4.78 is 0. The molecule has 0 saturated carbocycles. The number of hydrogen-bond acceptors (Lipinski definition) is 2. The third-order valence-corrected chi connectivity index (χ3v) is 0.344. The normalized spacial score (nSPS) is 12.8. The molecule has 0 heterocycles. The van der Waals surface area contributed by atoms with Gasteiger partial charge >= 0.3 is 0 Å². The fraction of sp³-hybridized carbons (Fsp3) is 0.250. The van der Waals surface area contributed by atoms with E-state index in [0.29, 0.717) is 0 Å². The lowest BCUT2D eigenvalue weighted by molar-refractivity contribution is 0.281. The van der Waals surface area contributed by atoms with Gasteiger partial charge in [-0.15, -0.1) is 6.58 Å². The Morgan fingerprint density at radius 1 is 2.00 bits per heavy atom. The van der Waals surface area contributed by atoms with E-state index in [0.717, 1.165) is 6.08 Å². The van der Waals surface area contributed by atoms with Gasteiger partial charge in [0.25, 0.3) is 0 Å². The van der Waals surface area contributed by atoms with Crippen LogP contribution in [0.1, 0.15) is 0 Å². The molecule has 0 spiro atoms. The predicted octanol–water partition coefficient (Wildman–Crippen LogP) is -0.357. The second kappa shape index (κ2) is 2.60. The highest BCUT2D eigenvalue weighted by Crippen LogP contribution is 1.70. The van der Waals surface area contributed by atoms with Crippen molar-refractivity contribution in [2.45, 2.75) is 6.10 Å². The zero-order valence-corrected chi connectivity index (χ0v) is 3.22. The van der Waals surface area contributed by atoms with Crippen LogP contribution in [-0.2, 0) is 4.79 Å². The molecule has 2 nitrogen and oxygen atoms in total. The topological polar surface area (TPSA) is 37.3 Å². The highest BCUT2D eigenvalue weighted by atomic mass is 16.3. The Balaban J connectivity index is 3.21. The van der Waals surface area contributed by atoms with E-state index in [2.05, 4.69) is 6.58 Å². The van der Waals surface area contributed by atoms with Crippen LogP contribution in [0.5, 0.6) is 0 Å². The molecule has 0 aliphatic rings. The average Bonchev–Trinajstić information content (AvgIpc) is 1.65. The molecule has 0 rings (SSSR count). The molecule has 1 unspecified atom stereocenters. The fourth-order valence-corrected chi connectivity index (χ4v) is 0.0481. The number of rotatable bonds is 2. The third kappa shape index (κ3) is 1.67. The summed E-state index contributed by atoms with van der Waals surface area (Å²) >= 11 is 0. The molecule has 0 bridgehead atoms. The van der Waals surface area contributed by atoms with E-state index in [4.69, 9.17) is 5.11 Å². The largest absolute Gasteiger partial charge is 0.381 e. The maximum Gasteiger partial charge on any atom is 0.233 e. The van der Waals surface area contributed by atoms with Gasteiger partial charge in [-0.3, -0.25) is 4.79 Å². The van der Waals surface area contributed by atoms with Gasteiger partial charge in [-0.25, -0.2) is 0 Å². The molecular weight excluding hydrogens is 80.0 g/mol. The summed E-state index contributed by atoms with van der Waals surface area (Å²) in [5.41, 5.74) is 0. The molecule has 1 radical (unpaired) electrons. The van der Waals surface area contributed by atoms with Gasteiger partial charge in [0.1, 0.15) is 6.10 Å². The maximum atomic E-state index is 9.29. The van der Waals surface area contributed by atoms with Crippen LogP contribution >= 0.6 is 0 Å². The van der Waals surface area contributed by atoms with E-state index in [9.17, 15) is 4.79 Å². The molecule has 33 valence electrons. The maximum absolute atomic E-state index is 9.29. The number of aliphatic hydroxyl groups excluding tert-OH is 1. The van der Waals surface area contributed by atoms with E-state index < -0.39 is 6.10 Å². The van der Waals surface area contributed by atoms with Crippen molar-refractivity contribution in [2.75, 3.05) is 0 Å². The van der Waals surface area contributed by atoms with Crippen LogP contribution in [0, 0.1) is 0 Å². The van der Waals surface area contributed by atoms with Gasteiger partial charge in [-0.2, -0.15) is 0 Å². The highest BCUT2D eigenvalue weighted by Gasteiger charge is 1.88. The molecule has 0 aromatic carbocycles. The lowest BCUT2D eigenvalue weighted by Crippen LogP contribution is -2.00.